The number of furan rings is 1. The smallest absolute Gasteiger partial charge is 0.373 e. The van der Waals surface area contributed by atoms with Crippen molar-refractivity contribution in [1.82, 2.24) is 0 Å². The molecule has 0 fully saturated rings. The van der Waals surface area contributed by atoms with Crippen molar-refractivity contribution in [3.8, 4) is 5.75 Å². The van der Waals surface area contributed by atoms with E-state index in [1.54, 1.807) is 24.3 Å². The minimum Gasteiger partial charge on any atom is -0.506 e. The number of methoxy groups -OCH3 is 2. The van der Waals surface area contributed by atoms with Crippen LogP contribution in [0.2, 0.25) is 0 Å². The van der Waals surface area contributed by atoms with Gasteiger partial charge in [-0.3, -0.25) is 0 Å². The summed E-state index contributed by atoms with van der Waals surface area (Å²) < 4.78 is 14.9. The molecular weight excluding hydrogens is 288 g/mol. The highest BCUT2D eigenvalue weighted by Crippen LogP contribution is 2.39. The Morgan fingerprint density at radius 3 is 2.27 bits per heavy atom. The molecule has 0 spiro atoms. The Morgan fingerprint density at radius 1 is 1.00 bits per heavy atom. The van der Waals surface area contributed by atoms with Crippen LogP contribution in [-0.2, 0) is 9.47 Å². The van der Waals surface area contributed by atoms with Crippen molar-refractivity contribution in [3.63, 3.8) is 0 Å². The summed E-state index contributed by atoms with van der Waals surface area (Å²) in [6.45, 7) is 0. The minimum atomic E-state index is -0.717. The summed E-state index contributed by atoms with van der Waals surface area (Å²) in [5.41, 5.74) is 0.268. The lowest BCUT2D eigenvalue weighted by Crippen LogP contribution is -2.02. The fourth-order valence-electron chi connectivity index (χ4n) is 2.44. The SMILES string of the molecule is COC(=O)c1cc2c(C(=O)OC)c(O)c3ccccc3c2o1. The van der Waals surface area contributed by atoms with Gasteiger partial charge >= 0.3 is 11.9 Å². The number of esters is 2. The molecule has 0 atom stereocenters. The zero-order valence-electron chi connectivity index (χ0n) is 11.9. The molecule has 6 heteroatoms. The van der Waals surface area contributed by atoms with E-state index in [9.17, 15) is 14.7 Å². The van der Waals surface area contributed by atoms with Gasteiger partial charge in [-0.1, -0.05) is 24.3 Å². The third kappa shape index (κ3) is 1.88. The number of aromatic hydroxyl groups is 1. The van der Waals surface area contributed by atoms with E-state index < -0.39 is 11.9 Å². The number of carbonyl (C=O) groups excluding carboxylic acids is 2. The summed E-state index contributed by atoms with van der Waals surface area (Å²) in [6.07, 6.45) is 0. The lowest BCUT2D eigenvalue weighted by atomic mass is 10.0. The fourth-order valence-corrected chi connectivity index (χ4v) is 2.44. The number of ether oxygens (including phenoxy) is 2. The van der Waals surface area contributed by atoms with Crippen LogP contribution in [0.1, 0.15) is 20.9 Å². The number of hydrogen-bond acceptors (Lipinski definition) is 6. The van der Waals surface area contributed by atoms with Crippen molar-refractivity contribution in [2.45, 2.75) is 0 Å². The first-order valence-corrected chi connectivity index (χ1v) is 6.42. The summed E-state index contributed by atoms with van der Waals surface area (Å²) in [4.78, 5) is 23.7. The Morgan fingerprint density at radius 2 is 1.64 bits per heavy atom. The van der Waals surface area contributed by atoms with Gasteiger partial charge in [-0.05, 0) is 0 Å². The first kappa shape index (κ1) is 13.9. The van der Waals surface area contributed by atoms with Crippen LogP contribution in [0, 0.1) is 0 Å². The molecule has 2 aromatic carbocycles. The molecule has 22 heavy (non-hydrogen) atoms. The Hall–Kier alpha value is -3.02. The quantitative estimate of drug-likeness (QED) is 0.732. The maximum absolute atomic E-state index is 12.0. The molecule has 0 unspecified atom stereocenters. The van der Waals surface area contributed by atoms with E-state index in [1.165, 1.54) is 20.3 Å². The molecule has 0 aliphatic carbocycles. The summed E-state index contributed by atoms with van der Waals surface area (Å²) in [6, 6.07) is 8.22. The van der Waals surface area contributed by atoms with Crippen molar-refractivity contribution < 1.29 is 28.6 Å². The molecule has 3 aromatic rings. The number of rotatable bonds is 2. The molecule has 0 saturated carbocycles. The van der Waals surface area contributed by atoms with E-state index in [0.29, 0.717) is 21.7 Å². The molecule has 0 bridgehead atoms. The first-order valence-electron chi connectivity index (χ1n) is 6.42. The van der Waals surface area contributed by atoms with Crippen molar-refractivity contribution in [2.75, 3.05) is 14.2 Å². The third-order valence-corrected chi connectivity index (χ3v) is 3.44. The summed E-state index contributed by atoms with van der Waals surface area (Å²) >= 11 is 0. The van der Waals surface area contributed by atoms with Crippen LogP contribution < -0.4 is 0 Å². The van der Waals surface area contributed by atoms with Gasteiger partial charge in [0.2, 0.25) is 5.76 Å². The molecule has 0 radical (unpaired) electrons. The lowest BCUT2D eigenvalue weighted by molar-refractivity contribution is 0.0565. The van der Waals surface area contributed by atoms with Gasteiger partial charge in [-0.2, -0.15) is 0 Å². The Bertz CT molecular complexity index is 906. The molecule has 1 N–H and O–H groups in total. The molecule has 0 amide bonds. The summed E-state index contributed by atoms with van der Waals surface area (Å²) in [5.74, 6) is -1.66. The zero-order chi connectivity index (χ0) is 15.9. The zero-order valence-corrected chi connectivity index (χ0v) is 11.9. The molecule has 1 heterocycles. The average molecular weight is 300 g/mol. The molecule has 112 valence electrons. The van der Waals surface area contributed by atoms with Crippen molar-refractivity contribution in [1.29, 1.82) is 0 Å². The topological polar surface area (TPSA) is 86.0 Å². The monoisotopic (exact) mass is 300 g/mol. The number of carbonyl (C=O) groups is 2. The standard InChI is InChI=1S/C16H12O6/c1-20-15(18)11-7-10-12(16(19)21-2)13(17)8-5-3-4-6-9(8)14(10)22-11/h3-7,17H,1-2H3. The van der Waals surface area contributed by atoms with Gasteiger partial charge in [0.1, 0.15) is 16.9 Å². The van der Waals surface area contributed by atoms with E-state index in [-0.39, 0.29) is 17.1 Å². The van der Waals surface area contributed by atoms with Gasteiger partial charge in [0.15, 0.2) is 0 Å². The third-order valence-electron chi connectivity index (χ3n) is 3.44. The fraction of sp³-hybridized carbons (Fsp3) is 0.125. The largest absolute Gasteiger partial charge is 0.506 e. The van der Waals surface area contributed by atoms with Crippen LogP contribution >= 0.6 is 0 Å². The number of benzene rings is 2. The summed E-state index contributed by atoms with van der Waals surface area (Å²) in [5, 5.41) is 11.7. The molecule has 3 rings (SSSR count). The number of phenols is 1. The van der Waals surface area contributed by atoms with Gasteiger partial charge in [0.25, 0.3) is 0 Å². The predicted molar refractivity (Wildman–Crippen MR) is 78.1 cm³/mol. The van der Waals surface area contributed by atoms with Crippen molar-refractivity contribution in [2.24, 2.45) is 0 Å². The second-order valence-corrected chi connectivity index (χ2v) is 4.61. The van der Waals surface area contributed by atoms with E-state index >= 15 is 0 Å². The van der Waals surface area contributed by atoms with Gasteiger partial charge in [0.05, 0.1) is 14.2 Å². The second-order valence-electron chi connectivity index (χ2n) is 4.61. The van der Waals surface area contributed by atoms with Crippen molar-refractivity contribution in [3.05, 3.63) is 41.7 Å². The number of phenolic OH excluding ortho intramolecular Hbond substituents is 1. The Kier molecular flexibility index (Phi) is 3.21. The molecule has 1 aromatic heterocycles. The van der Waals surface area contributed by atoms with Gasteiger partial charge in [-0.15, -0.1) is 0 Å². The highest BCUT2D eigenvalue weighted by molar-refractivity contribution is 6.18. The Labute approximate surface area is 124 Å². The number of fused-ring (bicyclic) bond motifs is 3. The minimum absolute atomic E-state index is 0.0462. The molecule has 0 aliphatic heterocycles. The lowest BCUT2D eigenvalue weighted by Gasteiger charge is -2.08. The average Bonchev–Trinajstić information content (AvgIpc) is 2.99. The second kappa shape index (κ2) is 5.07. The van der Waals surface area contributed by atoms with Crippen LogP contribution in [0.4, 0.5) is 0 Å². The van der Waals surface area contributed by atoms with E-state index in [0.717, 1.165) is 0 Å². The van der Waals surface area contributed by atoms with Crippen molar-refractivity contribution >= 4 is 33.7 Å². The van der Waals surface area contributed by atoms with Gasteiger partial charge in [-0.25, -0.2) is 9.59 Å². The molecule has 0 saturated heterocycles. The van der Waals surface area contributed by atoms with Crippen LogP contribution in [0.15, 0.2) is 34.7 Å². The highest BCUT2D eigenvalue weighted by atomic mass is 16.5. The molecular formula is C16H12O6. The Balaban J connectivity index is 2.49. The van der Waals surface area contributed by atoms with E-state index in [4.69, 9.17) is 9.15 Å². The van der Waals surface area contributed by atoms with Gasteiger partial charge < -0.3 is 19.0 Å². The van der Waals surface area contributed by atoms with E-state index in [1.807, 2.05) is 0 Å². The van der Waals surface area contributed by atoms with Crippen LogP contribution in [0.5, 0.6) is 5.75 Å². The first-order chi connectivity index (χ1) is 10.6. The normalized spacial score (nSPS) is 10.8. The molecule has 6 nitrogen and oxygen atoms in total. The highest BCUT2D eigenvalue weighted by Gasteiger charge is 2.25. The van der Waals surface area contributed by atoms with Crippen LogP contribution in [0.25, 0.3) is 21.7 Å². The van der Waals surface area contributed by atoms with E-state index in [2.05, 4.69) is 4.74 Å². The summed E-state index contributed by atoms with van der Waals surface area (Å²) in [7, 11) is 2.44. The number of hydrogen-bond donors (Lipinski definition) is 1. The maximum Gasteiger partial charge on any atom is 0.373 e. The predicted octanol–water partition coefficient (Wildman–Crippen LogP) is 2.86. The van der Waals surface area contributed by atoms with Gasteiger partial charge in [0, 0.05) is 22.2 Å². The van der Waals surface area contributed by atoms with Crippen LogP contribution in [0.3, 0.4) is 0 Å². The molecule has 0 aliphatic rings. The maximum atomic E-state index is 12.0. The van der Waals surface area contributed by atoms with Crippen LogP contribution in [-0.4, -0.2) is 31.3 Å².